The number of hydrogen-bond donors (Lipinski definition) is 2. The van der Waals surface area contributed by atoms with Gasteiger partial charge in [0.2, 0.25) is 5.91 Å². The van der Waals surface area contributed by atoms with Crippen LogP contribution in [0.1, 0.15) is 26.2 Å². The highest BCUT2D eigenvalue weighted by atomic mass is 16.5. The van der Waals surface area contributed by atoms with Crippen LogP contribution >= 0.6 is 0 Å². The second-order valence-electron chi connectivity index (χ2n) is 6.87. The molecule has 2 unspecified atom stereocenters. The monoisotopic (exact) mass is 357 g/mol. The number of aromatic nitrogens is 3. The summed E-state index contributed by atoms with van der Waals surface area (Å²) in [6.07, 6.45) is 6.11. The van der Waals surface area contributed by atoms with Gasteiger partial charge in [-0.05, 0) is 49.9 Å². The zero-order chi connectivity index (χ0) is 18.2. The molecule has 2 heterocycles. The van der Waals surface area contributed by atoms with E-state index in [1.165, 1.54) is 19.2 Å². The molecule has 3 rings (SSSR count). The number of ether oxygens (including phenoxy) is 1. The topological polar surface area (TPSA) is 81.1 Å². The predicted molar refractivity (Wildman–Crippen MR) is 100.0 cm³/mol. The van der Waals surface area contributed by atoms with Gasteiger partial charge in [-0.1, -0.05) is 13.0 Å². The lowest BCUT2D eigenvalue weighted by Crippen LogP contribution is -2.34. The van der Waals surface area contributed by atoms with Crippen LogP contribution in [0.3, 0.4) is 0 Å². The highest BCUT2D eigenvalue weighted by Crippen LogP contribution is 2.23. The molecular formula is C19H27N5O2. The van der Waals surface area contributed by atoms with Crippen LogP contribution in [0.5, 0.6) is 5.75 Å². The van der Waals surface area contributed by atoms with Crippen molar-refractivity contribution >= 4 is 11.6 Å². The molecule has 0 aliphatic carbocycles. The number of nitrogens with zero attached hydrogens (tertiary/aromatic N) is 3. The molecule has 0 bridgehead atoms. The Morgan fingerprint density at radius 2 is 2.42 bits per heavy atom. The smallest absolute Gasteiger partial charge is 0.224 e. The SMILES string of the molecule is CC(CC(=O)Nc1cccc(OCCn2cncn2)c1)C1CCCNC1. The molecule has 1 saturated heterocycles. The van der Waals surface area contributed by atoms with Gasteiger partial charge in [0.05, 0.1) is 6.54 Å². The van der Waals surface area contributed by atoms with Crippen LogP contribution in [-0.4, -0.2) is 40.4 Å². The molecule has 1 aliphatic heterocycles. The van der Waals surface area contributed by atoms with Gasteiger partial charge in [-0.2, -0.15) is 5.10 Å². The highest BCUT2D eigenvalue weighted by Gasteiger charge is 2.22. The van der Waals surface area contributed by atoms with Gasteiger partial charge in [-0.15, -0.1) is 0 Å². The Balaban J connectivity index is 1.45. The minimum absolute atomic E-state index is 0.0582. The lowest BCUT2D eigenvalue weighted by atomic mass is 9.85. The summed E-state index contributed by atoms with van der Waals surface area (Å²) < 4.78 is 7.45. The van der Waals surface area contributed by atoms with Crippen molar-refractivity contribution in [2.45, 2.75) is 32.7 Å². The van der Waals surface area contributed by atoms with Crippen molar-refractivity contribution in [3.05, 3.63) is 36.9 Å². The van der Waals surface area contributed by atoms with Crippen molar-refractivity contribution in [1.82, 2.24) is 20.1 Å². The van der Waals surface area contributed by atoms with Crippen molar-refractivity contribution in [1.29, 1.82) is 0 Å². The van der Waals surface area contributed by atoms with E-state index in [9.17, 15) is 4.79 Å². The van der Waals surface area contributed by atoms with Crippen LogP contribution in [0, 0.1) is 11.8 Å². The van der Waals surface area contributed by atoms with E-state index >= 15 is 0 Å². The Morgan fingerprint density at radius 1 is 1.50 bits per heavy atom. The van der Waals surface area contributed by atoms with E-state index < -0.39 is 0 Å². The minimum atomic E-state index is 0.0582. The van der Waals surface area contributed by atoms with Crippen LogP contribution in [-0.2, 0) is 11.3 Å². The molecule has 2 aromatic rings. The van der Waals surface area contributed by atoms with Gasteiger partial charge < -0.3 is 15.4 Å². The molecule has 1 fully saturated rings. The summed E-state index contributed by atoms with van der Waals surface area (Å²) in [5.74, 6) is 1.75. The van der Waals surface area contributed by atoms with Crippen molar-refractivity contribution in [2.75, 3.05) is 25.0 Å². The van der Waals surface area contributed by atoms with Gasteiger partial charge in [0, 0.05) is 18.2 Å². The maximum Gasteiger partial charge on any atom is 0.224 e. The Hall–Kier alpha value is -2.41. The van der Waals surface area contributed by atoms with E-state index in [1.54, 1.807) is 11.0 Å². The average molecular weight is 357 g/mol. The van der Waals surface area contributed by atoms with Crippen molar-refractivity contribution < 1.29 is 9.53 Å². The summed E-state index contributed by atoms with van der Waals surface area (Å²) in [6, 6.07) is 7.50. The van der Waals surface area contributed by atoms with Crippen LogP contribution in [0.25, 0.3) is 0 Å². The second kappa shape index (κ2) is 9.33. The molecule has 0 saturated carbocycles. The number of hydrogen-bond acceptors (Lipinski definition) is 5. The third kappa shape index (κ3) is 5.56. The van der Waals surface area contributed by atoms with Crippen LogP contribution in [0.15, 0.2) is 36.9 Å². The number of rotatable bonds is 8. The summed E-state index contributed by atoms with van der Waals surface area (Å²) >= 11 is 0. The van der Waals surface area contributed by atoms with Gasteiger partial charge in [-0.3, -0.25) is 4.79 Å². The predicted octanol–water partition coefficient (Wildman–Crippen LogP) is 2.32. The van der Waals surface area contributed by atoms with Crippen LogP contribution < -0.4 is 15.4 Å². The van der Waals surface area contributed by atoms with Crippen LogP contribution in [0.4, 0.5) is 5.69 Å². The first-order chi connectivity index (χ1) is 12.7. The van der Waals surface area contributed by atoms with E-state index in [-0.39, 0.29) is 5.91 Å². The molecule has 7 heteroatoms. The van der Waals surface area contributed by atoms with Crippen molar-refractivity contribution in [3.8, 4) is 5.75 Å². The lowest BCUT2D eigenvalue weighted by molar-refractivity contribution is -0.117. The molecule has 2 N–H and O–H groups in total. The molecule has 0 spiro atoms. The molecule has 1 aliphatic rings. The number of piperidine rings is 1. The number of nitrogens with one attached hydrogen (secondary N) is 2. The number of carbonyl (C=O) groups is 1. The summed E-state index contributed by atoms with van der Waals surface area (Å²) in [5, 5.41) is 10.4. The first-order valence-electron chi connectivity index (χ1n) is 9.26. The van der Waals surface area contributed by atoms with Gasteiger partial charge in [-0.25, -0.2) is 9.67 Å². The standard InChI is InChI=1S/C19H27N5O2/c1-15(16-4-3-7-20-12-16)10-19(25)23-17-5-2-6-18(11-17)26-9-8-24-14-21-13-22-24/h2,5-6,11,13-16,20H,3-4,7-10,12H2,1H3,(H,23,25). The molecule has 1 aromatic carbocycles. The molecule has 2 atom stereocenters. The third-order valence-electron chi connectivity index (χ3n) is 4.82. The quantitative estimate of drug-likeness (QED) is 0.758. The molecule has 1 amide bonds. The summed E-state index contributed by atoms with van der Waals surface area (Å²) in [4.78, 5) is 16.3. The van der Waals surface area contributed by atoms with Crippen molar-refractivity contribution in [2.24, 2.45) is 11.8 Å². The number of anilines is 1. The molecule has 0 radical (unpaired) electrons. The molecule has 140 valence electrons. The van der Waals surface area contributed by atoms with E-state index in [0.717, 1.165) is 24.5 Å². The Kier molecular flexibility index (Phi) is 6.60. The molecule has 26 heavy (non-hydrogen) atoms. The van der Waals surface area contributed by atoms with E-state index in [1.807, 2.05) is 24.3 Å². The maximum absolute atomic E-state index is 12.4. The Morgan fingerprint density at radius 3 is 3.19 bits per heavy atom. The summed E-state index contributed by atoms with van der Waals surface area (Å²) in [7, 11) is 0. The van der Waals surface area contributed by atoms with Gasteiger partial charge in [0.25, 0.3) is 0 Å². The highest BCUT2D eigenvalue weighted by molar-refractivity contribution is 5.91. The fourth-order valence-electron chi connectivity index (χ4n) is 3.30. The van der Waals surface area contributed by atoms with Gasteiger partial charge in [0.15, 0.2) is 0 Å². The van der Waals surface area contributed by atoms with E-state index in [0.29, 0.717) is 31.4 Å². The van der Waals surface area contributed by atoms with Crippen molar-refractivity contribution in [3.63, 3.8) is 0 Å². The molecule has 1 aromatic heterocycles. The molecule has 7 nitrogen and oxygen atoms in total. The first-order valence-corrected chi connectivity index (χ1v) is 9.26. The zero-order valence-corrected chi connectivity index (χ0v) is 15.2. The largest absolute Gasteiger partial charge is 0.492 e. The third-order valence-corrected chi connectivity index (χ3v) is 4.82. The normalized spacial score (nSPS) is 18.3. The average Bonchev–Trinajstić information content (AvgIpc) is 3.16. The van der Waals surface area contributed by atoms with E-state index in [4.69, 9.17) is 4.74 Å². The Bertz CT molecular complexity index is 683. The molecular weight excluding hydrogens is 330 g/mol. The lowest BCUT2D eigenvalue weighted by Gasteiger charge is -2.28. The van der Waals surface area contributed by atoms with E-state index in [2.05, 4.69) is 27.6 Å². The van der Waals surface area contributed by atoms with Gasteiger partial charge in [0.1, 0.15) is 25.0 Å². The number of carbonyl (C=O) groups excluding carboxylic acids is 1. The summed E-state index contributed by atoms with van der Waals surface area (Å²) in [5.41, 5.74) is 0.766. The summed E-state index contributed by atoms with van der Waals surface area (Å²) in [6.45, 7) is 5.40. The fourth-order valence-corrected chi connectivity index (χ4v) is 3.30. The zero-order valence-electron chi connectivity index (χ0n) is 15.2. The maximum atomic E-state index is 12.4. The fraction of sp³-hybridized carbons (Fsp3) is 0.526. The second-order valence-corrected chi connectivity index (χ2v) is 6.87. The Labute approximate surface area is 154 Å². The number of amides is 1. The van der Waals surface area contributed by atoms with Crippen LogP contribution in [0.2, 0.25) is 0 Å². The van der Waals surface area contributed by atoms with Gasteiger partial charge >= 0.3 is 0 Å². The first kappa shape index (κ1) is 18.4. The minimum Gasteiger partial charge on any atom is -0.492 e. The number of benzene rings is 1.